The Balaban J connectivity index is 1.72. The molecule has 5 heteroatoms. The average Bonchev–Trinajstić information content (AvgIpc) is 2.88. The minimum absolute atomic E-state index is 0.239. The molecule has 104 valence electrons. The zero-order chi connectivity index (χ0) is 13.9. The van der Waals surface area contributed by atoms with Gasteiger partial charge < -0.3 is 0 Å². The highest BCUT2D eigenvalue weighted by molar-refractivity contribution is 9.10. The summed E-state index contributed by atoms with van der Waals surface area (Å²) in [7, 11) is 0. The summed E-state index contributed by atoms with van der Waals surface area (Å²) in [6, 6.07) is 10.9. The van der Waals surface area contributed by atoms with Gasteiger partial charge in [0.25, 0.3) is 0 Å². The van der Waals surface area contributed by atoms with Crippen molar-refractivity contribution in [3.8, 4) is 0 Å². The Kier molecular flexibility index (Phi) is 4.41. The van der Waals surface area contributed by atoms with Gasteiger partial charge in [0.1, 0.15) is 0 Å². The Bertz CT molecular complexity index is 580. The van der Waals surface area contributed by atoms with Gasteiger partial charge in [-0.1, -0.05) is 18.2 Å². The lowest BCUT2D eigenvalue weighted by atomic mass is 10.0. The third-order valence-corrected chi connectivity index (χ3v) is 5.44. The molecule has 20 heavy (non-hydrogen) atoms. The molecule has 0 saturated heterocycles. The van der Waals surface area contributed by atoms with Crippen LogP contribution in [0.1, 0.15) is 11.1 Å². The van der Waals surface area contributed by atoms with Crippen molar-refractivity contribution < 1.29 is 0 Å². The van der Waals surface area contributed by atoms with Crippen LogP contribution in [-0.4, -0.2) is 16.3 Å². The van der Waals surface area contributed by atoms with Crippen LogP contribution in [0.3, 0.4) is 0 Å². The topological polar surface area (TPSA) is 50.9 Å². The molecule has 2 aromatic rings. The van der Waals surface area contributed by atoms with E-state index in [1.807, 2.05) is 18.0 Å². The van der Waals surface area contributed by atoms with E-state index >= 15 is 0 Å². The molecule has 1 aliphatic heterocycles. The number of rotatable bonds is 4. The maximum absolute atomic E-state index is 5.78. The minimum atomic E-state index is 0.239. The Labute approximate surface area is 131 Å². The first-order valence-electron chi connectivity index (χ1n) is 6.56. The number of thioether (sulfide) groups is 1. The van der Waals surface area contributed by atoms with Crippen LogP contribution in [0.15, 0.2) is 52.1 Å². The number of hydrogen-bond donors (Lipinski definition) is 2. The van der Waals surface area contributed by atoms with E-state index in [2.05, 4.69) is 56.7 Å². The molecule has 0 saturated carbocycles. The molecular weight excluding hydrogens is 334 g/mol. The molecule has 0 radical (unpaired) electrons. The molecule has 1 aliphatic rings. The van der Waals surface area contributed by atoms with Crippen molar-refractivity contribution >= 4 is 27.7 Å². The molecule has 1 aromatic carbocycles. The number of nitrogens with one attached hydrogen (secondary N) is 1. The second-order valence-electron chi connectivity index (χ2n) is 4.96. The van der Waals surface area contributed by atoms with Crippen LogP contribution in [0.25, 0.3) is 0 Å². The second kappa shape index (κ2) is 6.26. The first-order valence-corrected chi connectivity index (χ1v) is 8.23. The lowest BCUT2D eigenvalue weighted by Crippen LogP contribution is -2.44. The van der Waals surface area contributed by atoms with Crippen molar-refractivity contribution in [2.75, 3.05) is 0 Å². The summed E-state index contributed by atoms with van der Waals surface area (Å²) in [4.78, 5) is 5.60. The summed E-state index contributed by atoms with van der Waals surface area (Å²) in [6.07, 6.45) is 5.65. The van der Waals surface area contributed by atoms with E-state index < -0.39 is 0 Å². The number of halogens is 1. The number of aromatic nitrogens is 1. The minimum Gasteiger partial charge on any atom is -0.271 e. The number of hydrogen-bond acceptors (Lipinski definition) is 4. The first-order chi connectivity index (χ1) is 9.76. The van der Waals surface area contributed by atoms with Gasteiger partial charge in [0.05, 0.1) is 0 Å². The Morgan fingerprint density at radius 2 is 2.25 bits per heavy atom. The monoisotopic (exact) mass is 349 g/mol. The third kappa shape index (κ3) is 3.06. The van der Waals surface area contributed by atoms with Crippen LogP contribution >= 0.6 is 27.7 Å². The molecule has 2 atom stereocenters. The molecule has 0 fully saturated rings. The van der Waals surface area contributed by atoms with Crippen LogP contribution in [0.2, 0.25) is 0 Å². The number of nitrogens with two attached hydrogens (primary N) is 1. The average molecular weight is 350 g/mol. The SMILES string of the molecule is NNC(Cc1cncc(Br)c1)C1Cc2ccccc2S1. The van der Waals surface area contributed by atoms with E-state index in [1.165, 1.54) is 16.0 Å². The largest absolute Gasteiger partial charge is 0.271 e. The van der Waals surface area contributed by atoms with Crippen LogP contribution in [-0.2, 0) is 12.8 Å². The van der Waals surface area contributed by atoms with Gasteiger partial charge in [-0.05, 0) is 52.0 Å². The molecular formula is C15H16BrN3S. The van der Waals surface area contributed by atoms with E-state index in [-0.39, 0.29) is 6.04 Å². The van der Waals surface area contributed by atoms with E-state index in [1.54, 1.807) is 6.20 Å². The molecule has 2 heterocycles. The summed E-state index contributed by atoms with van der Waals surface area (Å²) < 4.78 is 1.01. The number of nitrogens with zero attached hydrogens (tertiary/aromatic N) is 1. The van der Waals surface area contributed by atoms with Crippen molar-refractivity contribution in [1.82, 2.24) is 10.4 Å². The van der Waals surface area contributed by atoms with Crippen molar-refractivity contribution in [2.45, 2.75) is 29.0 Å². The van der Waals surface area contributed by atoms with Gasteiger partial charge in [-0.2, -0.15) is 0 Å². The van der Waals surface area contributed by atoms with Crippen LogP contribution in [0.4, 0.5) is 0 Å². The van der Waals surface area contributed by atoms with Gasteiger partial charge in [-0.3, -0.25) is 16.3 Å². The highest BCUT2D eigenvalue weighted by atomic mass is 79.9. The standard InChI is InChI=1S/C15H16BrN3S/c16-12-5-10(8-18-9-12)6-13(19-17)15-7-11-3-1-2-4-14(11)20-15/h1-5,8-9,13,15,19H,6-7,17H2. The maximum Gasteiger partial charge on any atom is 0.0410 e. The fraction of sp³-hybridized carbons (Fsp3) is 0.267. The Morgan fingerprint density at radius 1 is 1.40 bits per heavy atom. The lowest BCUT2D eigenvalue weighted by molar-refractivity contribution is 0.506. The highest BCUT2D eigenvalue weighted by Gasteiger charge is 2.28. The van der Waals surface area contributed by atoms with Gasteiger partial charge in [0, 0.05) is 33.1 Å². The van der Waals surface area contributed by atoms with Gasteiger partial charge >= 0.3 is 0 Å². The zero-order valence-electron chi connectivity index (χ0n) is 10.9. The van der Waals surface area contributed by atoms with Crippen molar-refractivity contribution in [3.63, 3.8) is 0 Å². The summed E-state index contributed by atoms with van der Waals surface area (Å²) >= 11 is 5.38. The van der Waals surface area contributed by atoms with E-state index in [0.717, 1.165) is 17.3 Å². The number of hydrazine groups is 1. The quantitative estimate of drug-likeness (QED) is 0.658. The maximum atomic E-state index is 5.78. The molecule has 0 bridgehead atoms. The predicted molar refractivity (Wildman–Crippen MR) is 86.5 cm³/mol. The summed E-state index contributed by atoms with van der Waals surface area (Å²) in [5.74, 6) is 5.78. The summed E-state index contributed by atoms with van der Waals surface area (Å²) in [5, 5.41) is 0.469. The smallest absolute Gasteiger partial charge is 0.0410 e. The zero-order valence-corrected chi connectivity index (χ0v) is 13.3. The number of pyridine rings is 1. The molecule has 3 nitrogen and oxygen atoms in total. The fourth-order valence-corrected chi connectivity index (χ4v) is 4.35. The van der Waals surface area contributed by atoms with Gasteiger partial charge in [-0.15, -0.1) is 11.8 Å². The molecule has 2 unspecified atom stereocenters. The van der Waals surface area contributed by atoms with Gasteiger partial charge in [0.2, 0.25) is 0 Å². The third-order valence-electron chi connectivity index (χ3n) is 3.55. The van der Waals surface area contributed by atoms with Gasteiger partial charge in [0.15, 0.2) is 0 Å². The van der Waals surface area contributed by atoms with E-state index in [9.17, 15) is 0 Å². The van der Waals surface area contributed by atoms with Crippen LogP contribution in [0, 0.1) is 0 Å². The number of fused-ring (bicyclic) bond motifs is 1. The van der Waals surface area contributed by atoms with Crippen molar-refractivity contribution in [1.29, 1.82) is 0 Å². The molecule has 0 spiro atoms. The molecule has 1 aromatic heterocycles. The first kappa shape index (κ1) is 14.1. The van der Waals surface area contributed by atoms with Crippen molar-refractivity contribution in [2.24, 2.45) is 5.84 Å². The van der Waals surface area contributed by atoms with Gasteiger partial charge in [-0.25, -0.2) is 0 Å². The molecule has 0 amide bonds. The van der Waals surface area contributed by atoms with E-state index in [0.29, 0.717) is 5.25 Å². The normalized spacial score (nSPS) is 18.8. The predicted octanol–water partition coefficient (Wildman–Crippen LogP) is 2.94. The second-order valence-corrected chi connectivity index (χ2v) is 7.15. The molecule has 3 N–H and O–H groups in total. The fourth-order valence-electron chi connectivity index (χ4n) is 2.55. The van der Waals surface area contributed by atoms with E-state index in [4.69, 9.17) is 5.84 Å². The number of benzene rings is 1. The lowest BCUT2D eigenvalue weighted by Gasteiger charge is -2.22. The highest BCUT2D eigenvalue weighted by Crippen LogP contribution is 2.38. The van der Waals surface area contributed by atoms with Crippen molar-refractivity contribution in [3.05, 3.63) is 58.3 Å². The summed E-state index contributed by atoms with van der Waals surface area (Å²) in [6.45, 7) is 0. The molecule has 3 rings (SSSR count). The Morgan fingerprint density at radius 3 is 3.00 bits per heavy atom. The van der Waals surface area contributed by atoms with Crippen LogP contribution in [0.5, 0.6) is 0 Å². The Hall–Kier alpha value is -0.880. The van der Waals surface area contributed by atoms with Crippen LogP contribution < -0.4 is 11.3 Å². The molecule has 0 aliphatic carbocycles. The summed E-state index contributed by atoms with van der Waals surface area (Å²) in [5.41, 5.74) is 5.60.